The Labute approximate surface area is 232 Å². The van der Waals surface area contributed by atoms with E-state index in [0.717, 1.165) is 22.9 Å². The molecule has 0 bridgehead atoms. The number of rotatable bonds is 7. The molecule has 0 unspecified atom stereocenters. The van der Waals surface area contributed by atoms with Crippen molar-refractivity contribution in [2.75, 3.05) is 18.7 Å². The number of fused-ring (bicyclic) bond motifs is 2. The van der Waals surface area contributed by atoms with Crippen LogP contribution in [-0.4, -0.2) is 43.0 Å². The van der Waals surface area contributed by atoms with Crippen LogP contribution in [0.15, 0.2) is 82.6 Å². The second-order valence-corrected chi connectivity index (χ2v) is 10.5. The van der Waals surface area contributed by atoms with Gasteiger partial charge in [-0.25, -0.2) is 4.98 Å². The molecular formula is C28H22N4O5S2. The highest BCUT2D eigenvalue weighted by molar-refractivity contribution is 8.26. The zero-order chi connectivity index (χ0) is 26.9. The van der Waals surface area contributed by atoms with Crippen molar-refractivity contribution in [2.24, 2.45) is 0 Å². The molecule has 0 aliphatic carbocycles. The molecule has 1 amide bonds. The van der Waals surface area contributed by atoms with E-state index >= 15 is 0 Å². The molecule has 2 aliphatic rings. The van der Waals surface area contributed by atoms with E-state index in [0.29, 0.717) is 26.4 Å². The van der Waals surface area contributed by atoms with Crippen molar-refractivity contribution >= 4 is 51.7 Å². The number of amides is 1. The van der Waals surface area contributed by atoms with Crippen LogP contribution < -0.4 is 20.3 Å². The first-order valence-corrected chi connectivity index (χ1v) is 13.3. The van der Waals surface area contributed by atoms with E-state index in [1.54, 1.807) is 30.5 Å². The van der Waals surface area contributed by atoms with Gasteiger partial charge in [-0.05, 0) is 41.5 Å². The molecule has 1 fully saturated rings. The maximum Gasteiger partial charge on any atom is 0.267 e. The van der Waals surface area contributed by atoms with Crippen LogP contribution in [0, 0.1) is 0 Å². The molecule has 4 aromatic rings. The number of anilines is 1. The van der Waals surface area contributed by atoms with E-state index in [9.17, 15) is 14.7 Å². The standard InChI is InChI=1S/C28H22N4O5S2/c33-20(18-6-2-1-3-7-18)14-29-25-19(26(34)31-11-5-4-8-24(31)30-25)13-23-27(35)32(28(38)39-23)15-17-9-10-21-22(12-17)37-16-36-21/h1-13,20,29,33H,14-16H2/b23-13-/t20-/m0/s1. The lowest BCUT2D eigenvalue weighted by atomic mass is 10.1. The minimum Gasteiger partial charge on any atom is -0.454 e. The van der Waals surface area contributed by atoms with Gasteiger partial charge in [0, 0.05) is 12.7 Å². The normalized spacial score (nSPS) is 16.3. The second kappa shape index (κ2) is 10.5. The van der Waals surface area contributed by atoms with Crippen LogP contribution in [0.2, 0.25) is 0 Å². The Hall–Kier alpha value is -4.19. The maximum absolute atomic E-state index is 13.5. The van der Waals surface area contributed by atoms with Crippen LogP contribution in [0.5, 0.6) is 11.5 Å². The summed E-state index contributed by atoms with van der Waals surface area (Å²) < 4.78 is 12.6. The average molecular weight is 559 g/mol. The zero-order valence-corrected chi connectivity index (χ0v) is 22.1. The summed E-state index contributed by atoms with van der Waals surface area (Å²) in [6, 6.07) is 19.9. The van der Waals surface area contributed by atoms with Crippen LogP contribution in [0.4, 0.5) is 5.82 Å². The number of ether oxygens (including phenoxy) is 2. The number of aromatic nitrogens is 2. The summed E-state index contributed by atoms with van der Waals surface area (Å²) in [6.07, 6.45) is 2.32. The molecule has 2 N–H and O–H groups in total. The Morgan fingerprint density at radius 1 is 1.08 bits per heavy atom. The summed E-state index contributed by atoms with van der Waals surface area (Å²) >= 11 is 6.64. The molecule has 6 rings (SSSR count). The number of hydrogen-bond donors (Lipinski definition) is 2. The SMILES string of the molecule is O=C1/C(=C/c2c(NC[C@H](O)c3ccccc3)nc3ccccn3c2=O)SC(=S)N1Cc1ccc2c(c1)OCO2. The number of thiocarbonyl (C=S) groups is 1. The third kappa shape index (κ3) is 4.99. The van der Waals surface area contributed by atoms with Crippen molar-refractivity contribution in [2.45, 2.75) is 12.6 Å². The van der Waals surface area contributed by atoms with Crippen molar-refractivity contribution in [1.82, 2.24) is 14.3 Å². The van der Waals surface area contributed by atoms with Crippen LogP contribution in [0.1, 0.15) is 22.8 Å². The van der Waals surface area contributed by atoms with Gasteiger partial charge >= 0.3 is 0 Å². The Balaban J connectivity index is 1.31. The van der Waals surface area contributed by atoms with Crippen LogP contribution in [-0.2, 0) is 11.3 Å². The van der Waals surface area contributed by atoms with Crippen LogP contribution in [0.3, 0.4) is 0 Å². The van der Waals surface area contributed by atoms with Gasteiger partial charge in [-0.1, -0.05) is 66.4 Å². The molecule has 1 saturated heterocycles. The van der Waals surface area contributed by atoms with Crippen molar-refractivity contribution in [3.8, 4) is 11.5 Å². The molecule has 4 heterocycles. The van der Waals surface area contributed by atoms with E-state index in [1.165, 1.54) is 15.4 Å². The lowest BCUT2D eigenvalue weighted by Gasteiger charge is -2.15. The van der Waals surface area contributed by atoms with Gasteiger partial charge in [0.1, 0.15) is 15.8 Å². The Morgan fingerprint density at radius 3 is 2.72 bits per heavy atom. The quantitative estimate of drug-likeness (QED) is 0.258. The molecule has 0 saturated carbocycles. The van der Waals surface area contributed by atoms with E-state index in [-0.39, 0.29) is 42.7 Å². The fourth-order valence-corrected chi connectivity index (χ4v) is 5.58. The third-order valence-electron chi connectivity index (χ3n) is 6.34. The number of thioether (sulfide) groups is 1. The molecule has 0 spiro atoms. The molecule has 196 valence electrons. The lowest BCUT2D eigenvalue weighted by molar-refractivity contribution is -0.122. The van der Waals surface area contributed by atoms with E-state index in [2.05, 4.69) is 10.3 Å². The monoisotopic (exact) mass is 558 g/mol. The maximum atomic E-state index is 13.5. The molecule has 2 aromatic carbocycles. The summed E-state index contributed by atoms with van der Waals surface area (Å²) in [5.41, 5.74) is 1.85. The third-order valence-corrected chi connectivity index (χ3v) is 7.72. The van der Waals surface area contributed by atoms with Crippen molar-refractivity contribution in [3.05, 3.63) is 105 Å². The number of carbonyl (C=O) groups excluding carboxylic acids is 1. The van der Waals surface area contributed by atoms with Crippen molar-refractivity contribution < 1.29 is 19.4 Å². The zero-order valence-electron chi connectivity index (χ0n) is 20.4. The van der Waals surface area contributed by atoms with Crippen molar-refractivity contribution in [1.29, 1.82) is 0 Å². The molecular weight excluding hydrogens is 536 g/mol. The smallest absolute Gasteiger partial charge is 0.267 e. The summed E-state index contributed by atoms with van der Waals surface area (Å²) in [6.45, 7) is 0.532. The molecule has 0 radical (unpaired) electrons. The Bertz CT molecular complexity index is 1690. The van der Waals surface area contributed by atoms with Gasteiger partial charge in [-0.15, -0.1) is 0 Å². The Morgan fingerprint density at radius 2 is 1.87 bits per heavy atom. The fraction of sp³-hybridized carbons (Fsp3) is 0.143. The Kier molecular flexibility index (Phi) is 6.77. The highest BCUT2D eigenvalue weighted by Crippen LogP contribution is 2.36. The minimum atomic E-state index is -0.824. The molecule has 1 atom stereocenters. The fourth-order valence-electron chi connectivity index (χ4n) is 4.34. The number of nitrogens with zero attached hydrogens (tertiary/aromatic N) is 3. The first-order chi connectivity index (χ1) is 19.0. The van der Waals surface area contributed by atoms with Gasteiger partial charge in [-0.3, -0.25) is 18.9 Å². The minimum absolute atomic E-state index is 0.116. The topological polar surface area (TPSA) is 105 Å². The number of aliphatic hydroxyl groups is 1. The van der Waals surface area contributed by atoms with E-state index in [1.807, 2.05) is 42.5 Å². The van der Waals surface area contributed by atoms with Crippen LogP contribution in [0.25, 0.3) is 11.7 Å². The summed E-state index contributed by atoms with van der Waals surface area (Å²) in [5.74, 6) is 1.24. The first kappa shape index (κ1) is 25.1. The van der Waals surface area contributed by atoms with Gasteiger partial charge < -0.3 is 19.9 Å². The summed E-state index contributed by atoms with van der Waals surface area (Å²) in [7, 11) is 0. The number of aliphatic hydroxyl groups excluding tert-OH is 1. The number of pyridine rings is 1. The average Bonchev–Trinajstić information content (AvgIpc) is 3.53. The largest absolute Gasteiger partial charge is 0.454 e. The van der Waals surface area contributed by atoms with Gasteiger partial charge in [0.15, 0.2) is 11.5 Å². The molecule has 9 nitrogen and oxygen atoms in total. The molecule has 39 heavy (non-hydrogen) atoms. The lowest BCUT2D eigenvalue weighted by Crippen LogP contribution is -2.27. The summed E-state index contributed by atoms with van der Waals surface area (Å²) in [5, 5.41) is 13.8. The predicted octanol–water partition coefficient (Wildman–Crippen LogP) is 3.97. The highest BCUT2D eigenvalue weighted by Gasteiger charge is 2.33. The number of benzene rings is 2. The molecule has 11 heteroatoms. The molecule has 2 aliphatic heterocycles. The molecule has 2 aromatic heterocycles. The predicted molar refractivity (Wildman–Crippen MR) is 153 cm³/mol. The van der Waals surface area contributed by atoms with Gasteiger partial charge in [0.05, 0.1) is 23.1 Å². The van der Waals surface area contributed by atoms with E-state index < -0.39 is 6.10 Å². The van der Waals surface area contributed by atoms with Crippen LogP contribution >= 0.6 is 24.0 Å². The highest BCUT2D eigenvalue weighted by atomic mass is 32.2. The number of nitrogens with one attached hydrogen (secondary N) is 1. The summed E-state index contributed by atoms with van der Waals surface area (Å²) in [4.78, 5) is 33.3. The van der Waals surface area contributed by atoms with Gasteiger partial charge in [0.2, 0.25) is 6.79 Å². The number of hydrogen-bond acceptors (Lipinski definition) is 9. The van der Waals surface area contributed by atoms with Crippen molar-refractivity contribution in [3.63, 3.8) is 0 Å². The van der Waals surface area contributed by atoms with E-state index in [4.69, 9.17) is 21.7 Å². The number of carbonyl (C=O) groups is 1. The first-order valence-electron chi connectivity index (χ1n) is 12.1. The van der Waals surface area contributed by atoms with Gasteiger partial charge in [-0.2, -0.15) is 0 Å². The second-order valence-electron chi connectivity index (χ2n) is 8.87. The van der Waals surface area contributed by atoms with Gasteiger partial charge in [0.25, 0.3) is 11.5 Å².